The fourth-order valence-electron chi connectivity index (χ4n) is 4.56. The van der Waals surface area contributed by atoms with Crippen LogP contribution in [0.5, 0.6) is 17.2 Å². The van der Waals surface area contributed by atoms with Gasteiger partial charge in [-0.25, -0.2) is 9.78 Å². The van der Waals surface area contributed by atoms with Crippen LogP contribution in [0.2, 0.25) is 0 Å². The number of ether oxygens (including phenoxy) is 4. The predicted molar refractivity (Wildman–Crippen MR) is 152 cm³/mol. The zero-order valence-corrected chi connectivity index (χ0v) is 23.4. The van der Waals surface area contributed by atoms with E-state index in [2.05, 4.69) is 11.6 Å². The number of carbonyl (C=O) groups is 3. The van der Waals surface area contributed by atoms with Crippen LogP contribution >= 0.6 is 11.3 Å². The average molecular weight is 577 g/mol. The summed E-state index contributed by atoms with van der Waals surface area (Å²) in [6.45, 7) is 8.36. The molecule has 11 heteroatoms. The Morgan fingerprint density at radius 3 is 2.73 bits per heavy atom. The van der Waals surface area contributed by atoms with Crippen LogP contribution in [-0.2, 0) is 14.3 Å². The third-order valence-corrected chi connectivity index (χ3v) is 7.55. The average Bonchev–Trinajstić information content (AvgIpc) is 3.50. The van der Waals surface area contributed by atoms with Crippen molar-refractivity contribution in [2.75, 3.05) is 31.3 Å². The van der Waals surface area contributed by atoms with Crippen molar-refractivity contribution in [3.05, 3.63) is 82.4 Å². The molecule has 0 spiro atoms. The van der Waals surface area contributed by atoms with Crippen LogP contribution in [0.15, 0.2) is 60.7 Å². The summed E-state index contributed by atoms with van der Waals surface area (Å²) in [6.07, 6.45) is 2.23. The van der Waals surface area contributed by atoms with Gasteiger partial charge in [0, 0.05) is 5.56 Å². The van der Waals surface area contributed by atoms with Crippen molar-refractivity contribution in [2.24, 2.45) is 0 Å². The van der Waals surface area contributed by atoms with Crippen molar-refractivity contribution in [3.8, 4) is 17.2 Å². The number of aliphatic hydroxyl groups is 1. The zero-order valence-electron chi connectivity index (χ0n) is 22.5. The number of aliphatic hydroxyl groups excluding tert-OH is 1. The van der Waals surface area contributed by atoms with Gasteiger partial charge >= 0.3 is 11.9 Å². The first kappa shape index (κ1) is 27.9. The summed E-state index contributed by atoms with van der Waals surface area (Å²) in [4.78, 5) is 45.6. The Kier molecular flexibility index (Phi) is 8.06. The molecule has 1 atom stereocenters. The molecule has 10 nitrogen and oxygen atoms in total. The van der Waals surface area contributed by atoms with E-state index >= 15 is 0 Å². The standard InChI is InChI=1S/C30H28N2O8S/c1-4-11-37-20-8-6-7-18(15-20)24-23(25(33)19-9-10-21-22(16-19)39-14-13-38-21)26(34)28(35)32(24)30-31-17(3)27(41-30)29(36)40-12-5-2/h5-10,15-16,24,33H,2,4,11-14H2,1,3H3. The van der Waals surface area contributed by atoms with E-state index in [0.717, 1.165) is 17.8 Å². The monoisotopic (exact) mass is 576 g/mol. The summed E-state index contributed by atoms with van der Waals surface area (Å²) in [6, 6.07) is 10.7. The summed E-state index contributed by atoms with van der Waals surface area (Å²) >= 11 is 0.927. The lowest BCUT2D eigenvalue weighted by Crippen LogP contribution is -2.29. The quantitative estimate of drug-likeness (QED) is 0.123. The lowest BCUT2D eigenvalue weighted by molar-refractivity contribution is -0.132. The maximum atomic E-state index is 13.6. The highest BCUT2D eigenvalue weighted by Gasteiger charge is 2.48. The number of benzene rings is 2. The molecule has 0 bridgehead atoms. The molecule has 1 unspecified atom stereocenters. The number of fused-ring (bicyclic) bond motifs is 1. The number of anilines is 1. The second-order valence-corrected chi connectivity index (χ2v) is 10.2. The van der Waals surface area contributed by atoms with Gasteiger partial charge in [0.15, 0.2) is 16.6 Å². The lowest BCUT2D eigenvalue weighted by atomic mass is 9.95. The van der Waals surface area contributed by atoms with E-state index in [9.17, 15) is 19.5 Å². The first-order valence-corrected chi connectivity index (χ1v) is 13.8. The number of amides is 1. The highest BCUT2D eigenvalue weighted by Crippen LogP contribution is 2.45. The van der Waals surface area contributed by atoms with Gasteiger partial charge in [-0.3, -0.25) is 14.5 Å². The van der Waals surface area contributed by atoms with Crippen LogP contribution in [0.1, 0.15) is 45.9 Å². The van der Waals surface area contributed by atoms with Gasteiger partial charge in [0.2, 0.25) is 0 Å². The molecule has 1 N–H and O–H groups in total. The number of Topliss-reactive ketones (excluding diaryl/α,β-unsaturated/α-hetero) is 1. The van der Waals surface area contributed by atoms with Crippen LogP contribution in [0, 0.1) is 6.92 Å². The van der Waals surface area contributed by atoms with Crippen LogP contribution in [0.3, 0.4) is 0 Å². The highest BCUT2D eigenvalue weighted by atomic mass is 32.1. The molecule has 2 aliphatic rings. The summed E-state index contributed by atoms with van der Waals surface area (Å²) in [5.74, 6) is -1.32. The summed E-state index contributed by atoms with van der Waals surface area (Å²) in [7, 11) is 0. The minimum absolute atomic E-state index is 0.0100. The molecule has 1 aromatic heterocycles. The van der Waals surface area contributed by atoms with Crippen LogP contribution in [-0.4, -0.2) is 54.2 Å². The van der Waals surface area contributed by atoms with Crippen molar-refractivity contribution in [1.82, 2.24) is 4.98 Å². The smallest absolute Gasteiger partial charge is 0.350 e. The van der Waals surface area contributed by atoms with E-state index < -0.39 is 23.7 Å². The number of hydrogen-bond donors (Lipinski definition) is 1. The van der Waals surface area contributed by atoms with Crippen molar-refractivity contribution in [1.29, 1.82) is 0 Å². The number of nitrogens with zero attached hydrogens (tertiary/aromatic N) is 2. The molecule has 1 amide bonds. The second-order valence-electron chi connectivity index (χ2n) is 9.25. The van der Waals surface area contributed by atoms with Gasteiger partial charge in [-0.15, -0.1) is 0 Å². The van der Waals surface area contributed by atoms with Gasteiger partial charge in [0.1, 0.15) is 36.2 Å². The Balaban J connectivity index is 1.65. The third-order valence-electron chi connectivity index (χ3n) is 6.42. The molecule has 1 fully saturated rings. The molecule has 0 aliphatic carbocycles. The first-order chi connectivity index (χ1) is 19.8. The van der Waals surface area contributed by atoms with Gasteiger partial charge < -0.3 is 24.1 Å². The Morgan fingerprint density at radius 2 is 1.98 bits per heavy atom. The van der Waals surface area contributed by atoms with Crippen molar-refractivity contribution in [2.45, 2.75) is 26.3 Å². The minimum Gasteiger partial charge on any atom is -0.507 e. The Hall–Kier alpha value is -4.64. The van der Waals surface area contributed by atoms with Gasteiger partial charge in [-0.2, -0.15) is 0 Å². The number of ketones is 1. The SMILES string of the molecule is C=CCOC(=O)c1sc(N2C(=O)C(=O)C(=C(O)c3ccc4c(c3)OCCO4)C2c2cccc(OCCC)c2)nc1C. The number of carbonyl (C=O) groups excluding carboxylic acids is 3. The van der Waals surface area contributed by atoms with E-state index in [1.165, 1.54) is 11.0 Å². The fourth-order valence-corrected chi connectivity index (χ4v) is 5.55. The lowest BCUT2D eigenvalue weighted by Gasteiger charge is -2.24. The Bertz CT molecular complexity index is 1560. The van der Waals surface area contributed by atoms with E-state index in [0.29, 0.717) is 48.3 Å². The second kappa shape index (κ2) is 11.8. The summed E-state index contributed by atoms with van der Waals surface area (Å²) in [5.41, 5.74) is 0.995. The molecular formula is C30H28N2O8S. The first-order valence-electron chi connectivity index (χ1n) is 13.0. The van der Waals surface area contributed by atoms with Crippen LogP contribution in [0.25, 0.3) is 5.76 Å². The van der Waals surface area contributed by atoms with E-state index in [1.54, 1.807) is 49.4 Å². The number of aryl methyl sites for hydroxylation is 1. The van der Waals surface area contributed by atoms with Crippen LogP contribution in [0.4, 0.5) is 5.13 Å². The molecular weight excluding hydrogens is 548 g/mol. The van der Waals surface area contributed by atoms with Crippen LogP contribution < -0.4 is 19.1 Å². The number of hydrogen-bond acceptors (Lipinski definition) is 10. The summed E-state index contributed by atoms with van der Waals surface area (Å²) < 4.78 is 22.2. The highest BCUT2D eigenvalue weighted by molar-refractivity contribution is 7.17. The maximum Gasteiger partial charge on any atom is 0.350 e. The van der Waals surface area contributed by atoms with E-state index in [1.807, 2.05) is 6.92 Å². The van der Waals surface area contributed by atoms with Gasteiger partial charge in [0.25, 0.3) is 5.78 Å². The molecule has 0 saturated carbocycles. The van der Waals surface area contributed by atoms with Crippen molar-refractivity contribution in [3.63, 3.8) is 0 Å². The zero-order chi connectivity index (χ0) is 29.1. The maximum absolute atomic E-state index is 13.6. The normalized spacial score (nSPS) is 17.4. The molecule has 41 heavy (non-hydrogen) atoms. The van der Waals surface area contributed by atoms with E-state index in [4.69, 9.17) is 18.9 Å². The number of thiazole rings is 1. The molecule has 1 saturated heterocycles. The Labute approximate surface area is 240 Å². The molecule has 2 aromatic carbocycles. The summed E-state index contributed by atoms with van der Waals surface area (Å²) in [5, 5.41) is 11.6. The van der Waals surface area contributed by atoms with Gasteiger partial charge in [-0.1, -0.05) is 43.0 Å². The fraction of sp³-hybridized carbons (Fsp3) is 0.267. The topological polar surface area (TPSA) is 124 Å². The van der Waals surface area contributed by atoms with E-state index in [-0.39, 0.29) is 33.5 Å². The third kappa shape index (κ3) is 5.40. The van der Waals surface area contributed by atoms with Crippen molar-refractivity contribution >= 4 is 39.9 Å². The minimum atomic E-state index is -1.06. The number of aromatic nitrogens is 1. The van der Waals surface area contributed by atoms with Crippen molar-refractivity contribution < 1.29 is 38.4 Å². The molecule has 212 valence electrons. The molecule has 0 radical (unpaired) electrons. The van der Waals surface area contributed by atoms with Gasteiger partial charge in [0.05, 0.1) is 23.9 Å². The largest absolute Gasteiger partial charge is 0.507 e. The number of esters is 1. The molecule has 3 aromatic rings. The van der Waals surface area contributed by atoms with Gasteiger partial charge in [-0.05, 0) is 49.2 Å². The molecule has 3 heterocycles. The number of rotatable bonds is 9. The molecule has 2 aliphatic heterocycles. The Morgan fingerprint density at radius 1 is 1.20 bits per heavy atom. The predicted octanol–water partition coefficient (Wildman–Crippen LogP) is 4.98. The molecule has 5 rings (SSSR count).